The van der Waals surface area contributed by atoms with Crippen LogP contribution in [0.3, 0.4) is 0 Å². The topological polar surface area (TPSA) is 20.2 Å². The molecule has 3 aliphatic rings. The molecule has 0 aromatic heterocycles. The van der Waals surface area contributed by atoms with E-state index in [1.54, 1.807) is 0 Å². The molecule has 0 aromatic carbocycles. The largest absolute Gasteiger partial charge is 0.393 e. The molecular formula is C9H14O. The molecule has 1 unspecified atom stereocenters. The predicted octanol–water partition coefficient (Wildman–Crippen LogP) is 1.41. The first-order valence-electron chi connectivity index (χ1n) is 4.56. The normalized spacial score (nSPS) is 63.9. The molecule has 2 bridgehead atoms. The zero-order valence-electron chi connectivity index (χ0n) is 6.16. The van der Waals surface area contributed by atoms with Crippen LogP contribution in [0.4, 0.5) is 0 Å². The van der Waals surface area contributed by atoms with E-state index in [9.17, 15) is 5.11 Å². The minimum Gasteiger partial charge on any atom is -0.393 e. The van der Waals surface area contributed by atoms with Gasteiger partial charge < -0.3 is 5.11 Å². The van der Waals surface area contributed by atoms with Crippen LogP contribution in [0.5, 0.6) is 0 Å². The Kier molecular flexibility index (Phi) is 0.883. The molecule has 3 saturated carbocycles. The molecule has 3 rings (SSSR count). The Hall–Kier alpha value is -0.0400. The van der Waals surface area contributed by atoms with Gasteiger partial charge in [0.25, 0.3) is 0 Å². The Morgan fingerprint density at radius 1 is 0.700 bits per heavy atom. The van der Waals surface area contributed by atoms with Crippen LogP contribution in [0.15, 0.2) is 0 Å². The quantitative estimate of drug-likeness (QED) is 0.536. The molecule has 0 amide bonds. The van der Waals surface area contributed by atoms with Crippen molar-refractivity contribution in [3.8, 4) is 0 Å². The highest BCUT2D eigenvalue weighted by atomic mass is 16.3. The second kappa shape index (κ2) is 1.58. The van der Waals surface area contributed by atoms with Gasteiger partial charge in [0, 0.05) is 0 Å². The van der Waals surface area contributed by atoms with Crippen molar-refractivity contribution in [3.05, 3.63) is 0 Å². The number of fused-ring (bicyclic) bond motifs is 5. The minimum absolute atomic E-state index is 0.109. The third-order valence-corrected chi connectivity index (χ3v) is 4.19. The number of aliphatic hydroxyl groups is 1. The summed E-state index contributed by atoms with van der Waals surface area (Å²) in [5.41, 5.74) is 0. The molecule has 56 valence electrons. The summed E-state index contributed by atoms with van der Waals surface area (Å²) in [6.45, 7) is 0. The lowest BCUT2D eigenvalue weighted by Crippen LogP contribution is -2.31. The van der Waals surface area contributed by atoms with Gasteiger partial charge in [-0.05, 0) is 49.4 Å². The summed E-state index contributed by atoms with van der Waals surface area (Å²) in [5.74, 6) is 3.36. The van der Waals surface area contributed by atoms with Gasteiger partial charge in [0.15, 0.2) is 0 Å². The van der Waals surface area contributed by atoms with E-state index in [0.717, 1.165) is 23.7 Å². The maximum absolute atomic E-state index is 9.71. The molecule has 1 heteroatoms. The van der Waals surface area contributed by atoms with Crippen molar-refractivity contribution in [2.45, 2.75) is 31.8 Å². The summed E-state index contributed by atoms with van der Waals surface area (Å²) in [5, 5.41) is 9.71. The fourth-order valence-corrected chi connectivity index (χ4v) is 3.59. The van der Waals surface area contributed by atoms with Crippen LogP contribution < -0.4 is 0 Å². The molecule has 0 saturated heterocycles. The minimum atomic E-state index is 0.109. The Bertz CT molecular complexity index is 144. The molecule has 5 atom stereocenters. The van der Waals surface area contributed by atoms with Crippen molar-refractivity contribution in [2.24, 2.45) is 23.7 Å². The SMILES string of the molecule is OC1[C@H]2CC[C@@H]1[C@@H]1CC[C@@H]12. The van der Waals surface area contributed by atoms with Crippen molar-refractivity contribution >= 4 is 0 Å². The van der Waals surface area contributed by atoms with Gasteiger partial charge in [0.2, 0.25) is 0 Å². The van der Waals surface area contributed by atoms with E-state index in [1.165, 1.54) is 25.7 Å². The van der Waals surface area contributed by atoms with Gasteiger partial charge in [-0.1, -0.05) is 0 Å². The maximum atomic E-state index is 9.71. The summed E-state index contributed by atoms with van der Waals surface area (Å²) in [7, 11) is 0. The molecule has 1 nitrogen and oxygen atoms in total. The number of rotatable bonds is 0. The van der Waals surface area contributed by atoms with Crippen molar-refractivity contribution < 1.29 is 5.11 Å². The monoisotopic (exact) mass is 138 g/mol. The number of hydrogen-bond acceptors (Lipinski definition) is 1. The standard InChI is InChI=1S/C9H14O/c10-9-7-3-4-8(9)6-2-1-5(6)7/h5-10H,1-4H2/t5-,6+,7-,8+,9?. The lowest BCUT2D eigenvalue weighted by Gasteiger charge is -2.39. The molecular weight excluding hydrogens is 124 g/mol. The van der Waals surface area contributed by atoms with E-state index in [4.69, 9.17) is 0 Å². The van der Waals surface area contributed by atoms with E-state index in [0.29, 0.717) is 0 Å². The zero-order chi connectivity index (χ0) is 6.72. The van der Waals surface area contributed by atoms with E-state index in [2.05, 4.69) is 0 Å². The van der Waals surface area contributed by atoms with Gasteiger partial charge in [-0.25, -0.2) is 0 Å². The number of aliphatic hydroxyl groups excluding tert-OH is 1. The zero-order valence-corrected chi connectivity index (χ0v) is 6.16. The van der Waals surface area contributed by atoms with E-state index in [1.807, 2.05) is 0 Å². The van der Waals surface area contributed by atoms with Crippen LogP contribution in [0.25, 0.3) is 0 Å². The molecule has 1 N–H and O–H groups in total. The molecule has 10 heavy (non-hydrogen) atoms. The van der Waals surface area contributed by atoms with Crippen LogP contribution >= 0.6 is 0 Å². The van der Waals surface area contributed by atoms with Gasteiger partial charge in [-0.3, -0.25) is 0 Å². The molecule has 3 fully saturated rings. The summed E-state index contributed by atoms with van der Waals surface area (Å²) >= 11 is 0. The fraction of sp³-hybridized carbons (Fsp3) is 1.00. The fourth-order valence-electron chi connectivity index (χ4n) is 3.59. The average Bonchev–Trinajstić information content (AvgIpc) is 2.21. The Morgan fingerprint density at radius 2 is 1.10 bits per heavy atom. The summed E-state index contributed by atoms with van der Waals surface area (Å²) < 4.78 is 0. The van der Waals surface area contributed by atoms with Gasteiger partial charge in [-0.2, -0.15) is 0 Å². The van der Waals surface area contributed by atoms with E-state index < -0.39 is 0 Å². The van der Waals surface area contributed by atoms with E-state index in [-0.39, 0.29) is 6.10 Å². The Labute approximate surface area is 61.4 Å². The van der Waals surface area contributed by atoms with Crippen LogP contribution in [0.1, 0.15) is 25.7 Å². The molecule has 3 aliphatic carbocycles. The second-order valence-electron chi connectivity index (χ2n) is 4.30. The highest BCUT2D eigenvalue weighted by Crippen LogP contribution is 2.60. The van der Waals surface area contributed by atoms with Gasteiger partial charge in [0.05, 0.1) is 6.10 Å². The highest BCUT2D eigenvalue weighted by molar-refractivity contribution is 5.06. The van der Waals surface area contributed by atoms with Gasteiger partial charge in [0.1, 0.15) is 0 Å². The Morgan fingerprint density at radius 3 is 1.40 bits per heavy atom. The molecule has 0 aromatic rings. The highest BCUT2D eigenvalue weighted by Gasteiger charge is 2.57. The summed E-state index contributed by atoms with van der Waals surface area (Å²) in [4.78, 5) is 0. The first kappa shape index (κ1) is 5.59. The first-order valence-corrected chi connectivity index (χ1v) is 4.56. The van der Waals surface area contributed by atoms with Crippen molar-refractivity contribution in [1.82, 2.24) is 0 Å². The van der Waals surface area contributed by atoms with E-state index >= 15 is 0 Å². The average molecular weight is 138 g/mol. The van der Waals surface area contributed by atoms with Crippen molar-refractivity contribution in [1.29, 1.82) is 0 Å². The van der Waals surface area contributed by atoms with Gasteiger partial charge >= 0.3 is 0 Å². The Balaban J connectivity index is 1.95. The predicted molar refractivity (Wildman–Crippen MR) is 38.4 cm³/mol. The lowest BCUT2D eigenvalue weighted by molar-refractivity contribution is 0.103. The molecule has 0 aliphatic heterocycles. The van der Waals surface area contributed by atoms with Gasteiger partial charge in [-0.15, -0.1) is 0 Å². The first-order chi connectivity index (χ1) is 4.88. The van der Waals surface area contributed by atoms with Crippen LogP contribution in [0, 0.1) is 23.7 Å². The summed E-state index contributed by atoms with van der Waals surface area (Å²) in [6, 6.07) is 0. The second-order valence-corrected chi connectivity index (χ2v) is 4.30. The molecule has 0 heterocycles. The lowest BCUT2D eigenvalue weighted by atomic mass is 9.66. The molecule has 0 spiro atoms. The van der Waals surface area contributed by atoms with Crippen molar-refractivity contribution in [2.75, 3.05) is 0 Å². The third-order valence-electron chi connectivity index (χ3n) is 4.19. The van der Waals surface area contributed by atoms with Crippen LogP contribution in [-0.2, 0) is 0 Å². The number of hydrogen-bond donors (Lipinski definition) is 1. The maximum Gasteiger partial charge on any atom is 0.0602 e. The van der Waals surface area contributed by atoms with Crippen LogP contribution in [-0.4, -0.2) is 11.2 Å². The third kappa shape index (κ3) is 0.430. The summed E-state index contributed by atoms with van der Waals surface area (Å²) in [6.07, 6.45) is 5.60. The van der Waals surface area contributed by atoms with Crippen LogP contribution in [0.2, 0.25) is 0 Å². The molecule has 0 radical (unpaired) electrons. The smallest absolute Gasteiger partial charge is 0.0602 e. The van der Waals surface area contributed by atoms with Crippen molar-refractivity contribution in [3.63, 3.8) is 0 Å².